The summed E-state index contributed by atoms with van der Waals surface area (Å²) in [5.74, 6) is 0.277. The number of amides is 1. The van der Waals surface area contributed by atoms with Crippen LogP contribution in [0, 0.1) is 0 Å². The average molecular weight is 280 g/mol. The molecule has 1 aromatic carbocycles. The van der Waals surface area contributed by atoms with Gasteiger partial charge in [-0.25, -0.2) is 0 Å². The lowest BCUT2D eigenvalue weighted by Crippen LogP contribution is -2.29. The number of halogens is 1. The number of nitrogens with one attached hydrogen (secondary N) is 1. The summed E-state index contributed by atoms with van der Waals surface area (Å²) in [5, 5.41) is 15.2. The van der Waals surface area contributed by atoms with Gasteiger partial charge >= 0.3 is 0 Å². The summed E-state index contributed by atoms with van der Waals surface area (Å²) in [4.78, 5) is 12.8. The van der Waals surface area contributed by atoms with Crippen molar-refractivity contribution >= 4 is 17.5 Å². The van der Waals surface area contributed by atoms with Crippen LogP contribution in [0.3, 0.4) is 0 Å². The van der Waals surface area contributed by atoms with E-state index < -0.39 is 0 Å². The lowest BCUT2D eigenvalue weighted by atomic mass is 10.2. The van der Waals surface area contributed by atoms with Crippen LogP contribution in [0.1, 0.15) is 13.3 Å². The smallest absolute Gasteiger partial charge is 0.243 e. The first-order valence-electron chi connectivity index (χ1n) is 6.00. The van der Waals surface area contributed by atoms with Gasteiger partial charge in [0.1, 0.15) is 6.54 Å². The predicted molar refractivity (Wildman–Crippen MR) is 71.6 cm³/mol. The number of carbonyl (C=O) groups excluding carboxylic acids is 1. The molecule has 1 heterocycles. The zero-order valence-electron chi connectivity index (χ0n) is 10.5. The molecule has 0 saturated heterocycles. The van der Waals surface area contributed by atoms with Crippen LogP contribution >= 0.6 is 11.6 Å². The van der Waals surface area contributed by atoms with E-state index in [1.54, 1.807) is 12.1 Å². The molecule has 1 amide bonds. The molecule has 0 aliphatic rings. The lowest BCUT2D eigenvalue weighted by Gasteiger charge is -2.01. The van der Waals surface area contributed by atoms with Crippen LogP contribution in [0.4, 0.5) is 0 Å². The normalized spacial score (nSPS) is 10.4. The topological polar surface area (TPSA) is 72.7 Å². The Balaban J connectivity index is 2.07. The minimum Gasteiger partial charge on any atom is -0.354 e. The van der Waals surface area contributed by atoms with Crippen LogP contribution in [0.2, 0.25) is 5.02 Å². The van der Waals surface area contributed by atoms with E-state index in [2.05, 4.69) is 20.7 Å². The van der Waals surface area contributed by atoms with Crippen molar-refractivity contribution in [1.29, 1.82) is 0 Å². The molecule has 0 radical (unpaired) electrons. The van der Waals surface area contributed by atoms with Crippen molar-refractivity contribution in [2.75, 3.05) is 6.54 Å². The molecule has 19 heavy (non-hydrogen) atoms. The van der Waals surface area contributed by atoms with E-state index >= 15 is 0 Å². The van der Waals surface area contributed by atoms with Gasteiger partial charge in [-0.2, -0.15) is 4.80 Å². The number of nitrogens with zero attached hydrogens (tertiary/aromatic N) is 4. The van der Waals surface area contributed by atoms with Gasteiger partial charge in [-0.1, -0.05) is 30.7 Å². The van der Waals surface area contributed by atoms with E-state index in [1.165, 1.54) is 4.80 Å². The van der Waals surface area contributed by atoms with Crippen LogP contribution in [0.15, 0.2) is 24.3 Å². The quantitative estimate of drug-likeness (QED) is 0.901. The molecule has 0 saturated carbocycles. The summed E-state index contributed by atoms with van der Waals surface area (Å²) < 4.78 is 0. The van der Waals surface area contributed by atoms with Gasteiger partial charge < -0.3 is 5.32 Å². The highest BCUT2D eigenvalue weighted by molar-refractivity contribution is 6.33. The van der Waals surface area contributed by atoms with E-state index in [9.17, 15) is 4.79 Å². The molecule has 100 valence electrons. The van der Waals surface area contributed by atoms with Gasteiger partial charge in [0.25, 0.3) is 0 Å². The zero-order chi connectivity index (χ0) is 13.7. The average Bonchev–Trinajstić information content (AvgIpc) is 2.85. The van der Waals surface area contributed by atoms with Crippen molar-refractivity contribution in [3.63, 3.8) is 0 Å². The molecular formula is C12H14ClN5O. The van der Waals surface area contributed by atoms with E-state index in [-0.39, 0.29) is 12.5 Å². The fourth-order valence-electron chi connectivity index (χ4n) is 1.51. The van der Waals surface area contributed by atoms with Crippen LogP contribution < -0.4 is 5.32 Å². The highest BCUT2D eigenvalue weighted by Gasteiger charge is 2.10. The number of tetrazole rings is 1. The molecule has 0 aliphatic carbocycles. The molecule has 0 aliphatic heterocycles. The van der Waals surface area contributed by atoms with Gasteiger partial charge in [0, 0.05) is 12.1 Å². The molecule has 0 fully saturated rings. The fraction of sp³-hybridized carbons (Fsp3) is 0.333. The Morgan fingerprint density at radius 3 is 2.95 bits per heavy atom. The standard InChI is InChI=1S/C12H14ClN5O/c1-2-7-14-11(19)8-18-16-12(15-17-18)9-5-3-4-6-10(9)13/h3-6H,2,7-8H2,1H3,(H,14,19). The molecular weight excluding hydrogens is 266 g/mol. The number of benzene rings is 1. The van der Waals surface area contributed by atoms with Crippen LogP contribution in [-0.2, 0) is 11.3 Å². The number of hydrogen-bond donors (Lipinski definition) is 1. The van der Waals surface area contributed by atoms with Crippen molar-refractivity contribution < 1.29 is 4.79 Å². The maximum atomic E-state index is 11.5. The van der Waals surface area contributed by atoms with E-state index in [0.717, 1.165) is 6.42 Å². The number of carbonyl (C=O) groups is 1. The Morgan fingerprint density at radius 1 is 1.42 bits per heavy atom. The van der Waals surface area contributed by atoms with Crippen molar-refractivity contribution in [3.8, 4) is 11.4 Å². The summed E-state index contributed by atoms with van der Waals surface area (Å²) in [6.45, 7) is 2.69. The SMILES string of the molecule is CCCNC(=O)Cn1nnc(-c2ccccc2Cl)n1. The van der Waals surface area contributed by atoms with Crippen molar-refractivity contribution in [3.05, 3.63) is 29.3 Å². The molecule has 1 aromatic heterocycles. The van der Waals surface area contributed by atoms with E-state index in [4.69, 9.17) is 11.6 Å². The minimum absolute atomic E-state index is 0.0530. The lowest BCUT2D eigenvalue weighted by molar-refractivity contribution is -0.122. The fourth-order valence-corrected chi connectivity index (χ4v) is 1.73. The monoisotopic (exact) mass is 279 g/mol. The second-order valence-electron chi connectivity index (χ2n) is 3.97. The number of rotatable bonds is 5. The summed E-state index contributed by atoms with van der Waals surface area (Å²) in [6.07, 6.45) is 0.890. The summed E-state index contributed by atoms with van der Waals surface area (Å²) in [6, 6.07) is 7.23. The number of hydrogen-bond acceptors (Lipinski definition) is 4. The third kappa shape index (κ3) is 3.51. The molecule has 2 aromatic rings. The van der Waals surface area contributed by atoms with Gasteiger partial charge in [0.2, 0.25) is 11.7 Å². The third-order valence-electron chi connectivity index (χ3n) is 2.42. The maximum Gasteiger partial charge on any atom is 0.243 e. The van der Waals surface area contributed by atoms with Crippen LogP contribution in [-0.4, -0.2) is 32.7 Å². The molecule has 0 atom stereocenters. The molecule has 0 bridgehead atoms. The largest absolute Gasteiger partial charge is 0.354 e. The third-order valence-corrected chi connectivity index (χ3v) is 2.75. The van der Waals surface area contributed by atoms with Gasteiger partial charge in [-0.05, 0) is 23.8 Å². The molecule has 0 unspecified atom stereocenters. The van der Waals surface area contributed by atoms with Gasteiger partial charge in [-0.3, -0.25) is 4.79 Å². The van der Waals surface area contributed by atoms with E-state index in [0.29, 0.717) is 23.0 Å². The molecule has 7 heteroatoms. The first kappa shape index (κ1) is 13.5. The molecule has 6 nitrogen and oxygen atoms in total. The van der Waals surface area contributed by atoms with Gasteiger partial charge in [-0.15, -0.1) is 10.2 Å². The minimum atomic E-state index is -0.134. The summed E-state index contributed by atoms with van der Waals surface area (Å²) in [5.41, 5.74) is 0.699. The Hall–Kier alpha value is -1.95. The Bertz CT molecular complexity index is 569. The molecule has 1 N–H and O–H groups in total. The zero-order valence-corrected chi connectivity index (χ0v) is 11.3. The van der Waals surface area contributed by atoms with Crippen molar-refractivity contribution in [1.82, 2.24) is 25.5 Å². The van der Waals surface area contributed by atoms with Crippen molar-refractivity contribution in [2.45, 2.75) is 19.9 Å². The Morgan fingerprint density at radius 2 is 2.21 bits per heavy atom. The number of aromatic nitrogens is 4. The highest BCUT2D eigenvalue weighted by atomic mass is 35.5. The second-order valence-corrected chi connectivity index (χ2v) is 4.38. The maximum absolute atomic E-state index is 11.5. The first-order chi connectivity index (χ1) is 9.20. The van der Waals surface area contributed by atoms with E-state index in [1.807, 2.05) is 19.1 Å². The van der Waals surface area contributed by atoms with Gasteiger partial charge in [0.05, 0.1) is 5.02 Å². The molecule has 2 rings (SSSR count). The predicted octanol–water partition coefficient (Wildman–Crippen LogP) is 1.52. The summed E-state index contributed by atoms with van der Waals surface area (Å²) >= 11 is 6.05. The van der Waals surface area contributed by atoms with Crippen molar-refractivity contribution in [2.24, 2.45) is 0 Å². The van der Waals surface area contributed by atoms with Crippen LogP contribution in [0.5, 0.6) is 0 Å². The summed E-state index contributed by atoms with van der Waals surface area (Å²) in [7, 11) is 0. The second kappa shape index (κ2) is 6.29. The highest BCUT2D eigenvalue weighted by Crippen LogP contribution is 2.23. The molecule has 0 spiro atoms. The van der Waals surface area contributed by atoms with Crippen LogP contribution in [0.25, 0.3) is 11.4 Å². The van der Waals surface area contributed by atoms with Gasteiger partial charge in [0.15, 0.2) is 0 Å². The first-order valence-corrected chi connectivity index (χ1v) is 6.38. The Kier molecular flexibility index (Phi) is 4.46. The Labute approximate surface area is 115 Å².